The minimum Gasteiger partial charge on any atom is -0.330 e. The van der Waals surface area contributed by atoms with Gasteiger partial charge in [-0.3, -0.25) is 9.78 Å². The van der Waals surface area contributed by atoms with Gasteiger partial charge in [0.25, 0.3) is 0 Å². The van der Waals surface area contributed by atoms with Crippen molar-refractivity contribution >= 4 is 33.3 Å². The maximum Gasteiger partial charge on any atom is 0.229 e. The predicted molar refractivity (Wildman–Crippen MR) is 59.0 cm³/mol. The Morgan fingerprint density at radius 1 is 1.33 bits per heavy atom. The highest BCUT2D eigenvalue weighted by Crippen LogP contribution is 2.11. The number of aromatic amines is 1. The summed E-state index contributed by atoms with van der Waals surface area (Å²) in [5.41, 5.74) is 0.715. The Balaban J connectivity index is 2.32. The Hall–Kier alpha value is -1.20. The quantitative estimate of drug-likeness (QED) is 0.863. The summed E-state index contributed by atoms with van der Waals surface area (Å²) in [6.45, 7) is 0. The lowest BCUT2D eigenvalue weighted by Gasteiger charge is -1.96. The van der Waals surface area contributed by atoms with Crippen LogP contribution in [0.25, 0.3) is 0 Å². The Morgan fingerprint density at radius 2 is 2.13 bits per heavy atom. The van der Waals surface area contributed by atoms with Crippen molar-refractivity contribution in [3.63, 3.8) is 0 Å². The van der Waals surface area contributed by atoms with Crippen molar-refractivity contribution in [2.24, 2.45) is 0 Å². The van der Waals surface area contributed by atoms with E-state index < -0.39 is 0 Å². The molecule has 2 heterocycles. The molecule has 0 fully saturated rings. The summed E-state index contributed by atoms with van der Waals surface area (Å²) in [4.78, 5) is 22.3. The topological polar surface area (TPSA) is 58.6 Å². The summed E-state index contributed by atoms with van der Waals surface area (Å²) < 4.78 is 0.514. The van der Waals surface area contributed by atoms with Crippen LogP contribution in [0.3, 0.4) is 0 Å². The molecule has 0 atom stereocenters. The van der Waals surface area contributed by atoms with E-state index in [4.69, 9.17) is 11.6 Å². The molecule has 0 aromatic carbocycles. The van der Waals surface area contributed by atoms with E-state index in [2.05, 4.69) is 30.9 Å². The minimum atomic E-state index is -0.218. The zero-order valence-corrected chi connectivity index (χ0v) is 9.71. The van der Waals surface area contributed by atoms with Gasteiger partial charge in [-0.1, -0.05) is 11.6 Å². The third kappa shape index (κ3) is 2.24. The number of hydrogen-bond donors (Lipinski definition) is 1. The van der Waals surface area contributed by atoms with Crippen LogP contribution in [0, 0.1) is 0 Å². The molecule has 2 rings (SSSR count). The van der Waals surface area contributed by atoms with Crippen LogP contribution in [0.15, 0.2) is 29.3 Å². The summed E-state index contributed by atoms with van der Waals surface area (Å²) in [6.07, 6.45) is 2.88. The van der Waals surface area contributed by atoms with E-state index in [9.17, 15) is 4.79 Å². The second-order valence-electron chi connectivity index (χ2n) is 2.78. The Morgan fingerprint density at radius 3 is 2.67 bits per heavy atom. The number of pyridine rings is 1. The zero-order chi connectivity index (χ0) is 10.8. The SMILES string of the molecule is O=C(c1ccc(Cl)cn1)c1cnc(Br)[nH]1. The van der Waals surface area contributed by atoms with E-state index in [1.807, 2.05) is 0 Å². The molecule has 0 aliphatic heterocycles. The van der Waals surface area contributed by atoms with Gasteiger partial charge in [0.05, 0.1) is 11.2 Å². The van der Waals surface area contributed by atoms with E-state index in [-0.39, 0.29) is 5.78 Å². The largest absolute Gasteiger partial charge is 0.330 e. The Bertz CT molecular complexity index is 494. The summed E-state index contributed by atoms with van der Waals surface area (Å²) in [6, 6.07) is 3.19. The molecule has 4 nitrogen and oxygen atoms in total. The first-order valence-corrected chi connectivity index (χ1v) is 5.20. The molecule has 0 bridgehead atoms. The number of rotatable bonds is 2. The van der Waals surface area contributed by atoms with Crippen molar-refractivity contribution in [1.29, 1.82) is 0 Å². The second-order valence-corrected chi connectivity index (χ2v) is 3.97. The van der Waals surface area contributed by atoms with Crippen molar-refractivity contribution < 1.29 is 4.79 Å². The lowest BCUT2D eigenvalue weighted by molar-refractivity contribution is 0.103. The van der Waals surface area contributed by atoms with E-state index in [0.717, 1.165) is 0 Å². The van der Waals surface area contributed by atoms with Crippen LogP contribution in [0.5, 0.6) is 0 Å². The third-order valence-corrected chi connectivity index (χ3v) is 2.38. The van der Waals surface area contributed by atoms with Gasteiger partial charge in [-0.15, -0.1) is 0 Å². The van der Waals surface area contributed by atoms with Crippen LogP contribution in [0.4, 0.5) is 0 Å². The van der Waals surface area contributed by atoms with Gasteiger partial charge in [0.1, 0.15) is 11.4 Å². The molecule has 0 saturated heterocycles. The number of hydrogen-bond acceptors (Lipinski definition) is 3. The third-order valence-electron chi connectivity index (χ3n) is 1.75. The van der Waals surface area contributed by atoms with E-state index in [1.54, 1.807) is 12.1 Å². The van der Waals surface area contributed by atoms with E-state index in [1.165, 1.54) is 12.4 Å². The number of H-pyrrole nitrogens is 1. The van der Waals surface area contributed by atoms with E-state index in [0.29, 0.717) is 21.1 Å². The van der Waals surface area contributed by atoms with Crippen LogP contribution in [0.1, 0.15) is 16.2 Å². The molecule has 2 aromatic heterocycles. The molecule has 76 valence electrons. The fourth-order valence-electron chi connectivity index (χ4n) is 1.06. The maximum atomic E-state index is 11.8. The monoisotopic (exact) mass is 285 g/mol. The predicted octanol–water partition coefficient (Wildman–Crippen LogP) is 2.45. The van der Waals surface area contributed by atoms with Gasteiger partial charge in [0.2, 0.25) is 5.78 Å². The molecular weight excluding hydrogens is 281 g/mol. The van der Waals surface area contributed by atoms with Crippen molar-refractivity contribution in [1.82, 2.24) is 15.0 Å². The smallest absolute Gasteiger partial charge is 0.229 e. The molecule has 2 aromatic rings. The van der Waals surface area contributed by atoms with Gasteiger partial charge in [-0.05, 0) is 28.1 Å². The lowest BCUT2D eigenvalue weighted by atomic mass is 10.2. The van der Waals surface area contributed by atoms with Gasteiger partial charge in [0, 0.05) is 6.20 Å². The number of ketones is 1. The van der Waals surface area contributed by atoms with Crippen LogP contribution in [-0.4, -0.2) is 20.7 Å². The van der Waals surface area contributed by atoms with Gasteiger partial charge >= 0.3 is 0 Å². The van der Waals surface area contributed by atoms with E-state index >= 15 is 0 Å². The molecule has 0 saturated carbocycles. The molecule has 6 heteroatoms. The molecule has 15 heavy (non-hydrogen) atoms. The van der Waals surface area contributed by atoms with Gasteiger partial charge < -0.3 is 4.98 Å². The molecule has 0 radical (unpaired) electrons. The number of nitrogens with zero attached hydrogens (tertiary/aromatic N) is 2. The highest BCUT2D eigenvalue weighted by molar-refractivity contribution is 9.10. The standard InChI is InChI=1S/C9H5BrClN3O/c10-9-13-4-7(14-9)8(15)6-2-1-5(11)3-12-6/h1-4H,(H,13,14). The molecule has 0 amide bonds. The highest BCUT2D eigenvalue weighted by atomic mass is 79.9. The Labute approximate surface area is 98.8 Å². The van der Waals surface area contributed by atoms with Crippen molar-refractivity contribution in [2.45, 2.75) is 0 Å². The number of carbonyl (C=O) groups is 1. The fraction of sp³-hybridized carbons (Fsp3) is 0. The second kappa shape index (κ2) is 4.12. The normalized spacial score (nSPS) is 10.3. The van der Waals surface area contributed by atoms with Gasteiger partial charge in [-0.25, -0.2) is 4.98 Å². The number of nitrogens with one attached hydrogen (secondary N) is 1. The molecule has 1 N–H and O–H groups in total. The lowest BCUT2D eigenvalue weighted by Crippen LogP contribution is -2.03. The van der Waals surface area contributed by atoms with Gasteiger partial charge in [0.15, 0.2) is 4.73 Å². The fourth-order valence-corrected chi connectivity index (χ4v) is 1.49. The van der Waals surface area contributed by atoms with Gasteiger partial charge in [-0.2, -0.15) is 0 Å². The summed E-state index contributed by atoms with van der Waals surface area (Å²) in [7, 11) is 0. The average molecular weight is 287 g/mol. The first-order chi connectivity index (χ1) is 7.16. The van der Waals surface area contributed by atoms with Crippen molar-refractivity contribution in [2.75, 3.05) is 0 Å². The molecule has 0 spiro atoms. The Kier molecular flexibility index (Phi) is 2.83. The first-order valence-electron chi connectivity index (χ1n) is 4.03. The summed E-state index contributed by atoms with van der Waals surface area (Å²) >= 11 is 8.79. The minimum absolute atomic E-state index is 0.218. The average Bonchev–Trinajstić information content (AvgIpc) is 2.65. The number of imidazole rings is 1. The molecular formula is C9H5BrClN3O. The number of carbonyl (C=O) groups excluding carboxylic acids is 1. The number of halogens is 2. The molecule has 0 unspecified atom stereocenters. The zero-order valence-electron chi connectivity index (χ0n) is 7.37. The van der Waals surface area contributed by atoms with Crippen LogP contribution in [0.2, 0.25) is 5.02 Å². The molecule has 0 aliphatic rings. The highest BCUT2D eigenvalue weighted by Gasteiger charge is 2.12. The van der Waals surface area contributed by atoms with Crippen molar-refractivity contribution in [3.05, 3.63) is 45.7 Å². The van der Waals surface area contributed by atoms with Crippen LogP contribution in [-0.2, 0) is 0 Å². The molecule has 0 aliphatic carbocycles. The van der Waals surface area contributed by atoms with Crippen LogP contribution >= 0.6 is 27.5 Å². The first kappa shape index (κ1) is 10.3. The van der Waals surface area contributed by atoms with Crippen molar-refractivity contribution in [3.8, 4) is 0 Å². The summed E-state index contributed by atoms with van der Waals surface area (Å²) in [5.74, 6) is -0.218. The van der Waals surface area contributed by atoms with Crippen LogP contribution < -0.4 is 0 Å². The summed E-state index contributed by atoms with van der Waals surface area (Å²) in [5, 5.41) is 0.498. The maximum absolute atomic E-state index is 11.8. The number of aromatic nitrogens is 3.